The molecule has 0 saturated heterocycles. The number of benzene rings is 2. The maximum atomic E-state index is 12.8. The zero-order valence-electron chi connectivity index (χ0n) is 27.2. The van der Waals surface area contributed by atoms with Crippen LogP contribution in [0.25, 0.3) is 22.3 Å². The summed E-state index contributed by atoms with van der Waals surface area (Å²) in [5.41, 5.74) is 2.83. The molecular weight excluding hydrogens is 556 g/mol. The monoisotopic (exact) mass is 610 g/mol. The first-order valence-electron chi connectivity index (χ1n) is 16.3. The van der Waals surface area contributed by atoms with Crippen LogP contribution < -0.4 is 0 Å². The highest BCUT2D eigenvalue weighted by molar-refractivity contribution is 7.99. The molecule has 238 valence electrons. The van der Waals surface area contributed by atoms with Crippen molar-refractivity contribution < 1.29 is 24.2 Å². The Balaban J connectivity index is 1.38. The molecule has 0 bridgehead atoms. The Labute approximate surface area is 263 Å². The number of aliphatic hydroxyl groups is 2. The van der Waals surface area contributed by atoms with Gasteiger partial charge in [-0.15, -0.1) is 11.8 Å². The third kappa shape index (κ3) is 10.7. The molecule has 0 spiro atoms. The summed E-state index contributed by atoms with van der Waals surface area (Å²) in [5, 5.41) is 22.0. The summed E-state index contributed by atoms with van der Waals surface area (Å²) in [6, 6.07) is 17.1. The van der Waals surface area contributed by atoms with E-state index in [1.165, 1.54) is 24.8 Å². The second-order valence-corrected chi connectivity index (χ2v) is 14.2. The van der Waals surface area contributed by atoms with Crippen LogP contribution in [0.3, 0.4) is 0 Å². The van der Waals surface area contributed by atoms with Crippen LogP contribution in [0.2, 0.25) is 0 Å². The largest absolute Gasteiger partial charge is 0.465 e. The number of carbonyl (C=O) groups is 1. The third-order valence-electron chi connectivity index (χ3n) is 8.61. The predicted molar refractivity (Wildman–Crippen MR) is 179 cm³/mol. The van der Waals surface area contributed by atoms with Gasteiger partial charge in [0.1, 0.15) is 11.3 Å². The van der Waals surface area contributed by atoms with Crippen molar-refractivity contribution in [1.29, 1.82) is 0 Å². The van der Waals surface area contributed by atoms with Gasteiger partial charge in [-0.1, -0.05) is 71.7 Å². The molecule has 3 unspecified atom stereocenters. The third-order valence-corrected chi connectivity index (χ3v) is 9.69. The van der Waals surface area contributed by atoms with Crippen molar-refractivity contribution in [2.75, 3.05) is 12.4 Å². The number of esters is 1. The number of ether oxygens (including phenoxy) is 1. The molecule has 6 heteroatoms. The lowest BCUT2D eigenvalue weighted by Gasteiger charge is -2.33. The molecule has 5 nitrogen and oxygen atoms in total. The number of carbonyl (C=O) groups excluding carboxylic acids is 1. The van der Waals surface area contributed by atoms with Crippen LogP contribution >= 0.6 is 11.8 Å². The summed E-state index contributed by atoms with van der Waals surface area (Å²) < 4.78 is 11.8. The Morgan fingerprint density at radius 2 is 1.63 bits per heavy atom. The molecule has 0 fully saturated rings. The van der Waals surface area contributed by atoms with Crippen LogP contribution in [0.15, 0.2) is 57.8 Å². The number of aliphatic hydroxyl groups excluding tert-OH is 2. The first kappa shape index (κ1) is 35.2. The van der Waals surface area contributed by atoms with E-state index in [4.69, 9.17) is 9.15 Å². The van der Waals surface area contributed by atoms with E-state index in [1.54, 1.807) is 11.8 Å². The van der Waals surface area contributed by atoms with Gasteiger partial charge in [0.15, 0.2) is 0 Å². The van der Waals surface area contributed by atoms with Crippen LogP contribution in [0.5, 0.6) is 0 Å². The van der Waals surface area contributed by atoms with Crippen molar-refractivity contribution >= 4 is 28.7 Å². The van der Waals surface area contributed by atoms with Gasteiger partial charge in [0, 0.05) is 15.8 Å². The smallest absolute Gasteiger partial charge is 0.312 e. The van der Waals surface area contributed by atoms with Crippen LogP contribution in [0, 0.1) is 17.3 Å². The maximum Gasteiger partial charge on any atom is 0.312 e. The Kier molecular flexibility index (Phi) is 14.1. The van der Waals surface area contributed by atoms with E-state index in [1.807, 2.05) is 6.92 Å². The second-order valence-electron chi connectivity index (χ2n) is 13.0. The van der Waals surface area contributed by atoms with Gasteiger partial charge in [-0.3, -0.25) is 4.79 Å². The molecule has 0 aliphatic heterocycles. The fourth-order valence-corrected chi connectivity index (χ4v) is 6.45. The molecule has 2 N–H and O–H groups in total. The van der Waals surface area contributed by atoms with Crippen molar-refractivity contribution in [2.24, 2.45) is 17.3 Å². The maximum absolute atomic E-state index is 12.8. The van der Waals surface area contributed by atoms with Gasteiger partial charge in [0.25, 0.3) is 0 Å². The van der Waals surface area contributed by atoms with Crippen LogP contribution in [0.1, 0.15) is 98.5 Å². The topological polar surface area (TPSA) is 79.9 Å². The van der Waals surface area contributed by atoms with Gasteiger partial charge in [-0.2, -0.15) is 0 Å². The van der Waals surface area contributed by atoms with Crippen molar-refractivity contribution in [3.8, 4) is 11.3 Å². The summed E-state index contributed by atoms with van der Waals surface area (Å²) in [6.07, 6.45) is 6.28. The lowest BCUT2D eigenvalue weighted by molar-refractivity contribution is -0.159. The van der Waals surface area contributed by atoms with Gasteiger partial charge < -0.3 is 19.4 Å². The Hall–Kier alpha value is -2.28. The van der Waals surface area contributed by atoms with E-state index < -0.39 is 17.6 Å². The average molecular weight is 611 g/mol. The van der Waals surface area contributed by atoms with Crippen LogP contribution in [0.4, 0.5) is 0 Å². The molecule has 0 radical (unpaired) electrons. The van der Waals surface area contributed by atoms with E-state index in [0.29, 0.717) is 25.2 Å². The summed E-state index contributed by atoms with van der Waals surface area (Å²) in [7, 11) is 0. The van der Waals surface area contributed by atoms with Gasteiger partial charge in [0.05, 0.1) is 24.2 Å². The molecule has 0 aliphatic carbocycles. The minimum atomic E-state index is -0.820. The lowest BCUT2D eigenvalue weighted by Crippen LogP contribution is -2.36. The zero-order chi connectivity index (χ0) is 31.4. The van der Waals surface area contributed by atoms with Crippen LogP contribution in [-0.4, -0.2) is 40.8 Å². The highest BCUT2D eigenvalue weighted by atomic mass is 32.2. The first-order chi connectivity index (χ1) is 20.5. The molecule has 1 aromatic heterocycles. The molecule has 0 aliphatic rings. The van der Waals surface area contributed by atoms with E-state index in [9.17, 15) is 15.0 Å². The molecular formula is C37H54O5S. The molecule has 43 heavy (non-hydrogen) atoms. The number of rotatable bonds is 19. The standard InChI is InChI=1S/C37H54O5S/c1-7-8-9-12-28-15-17-29(18-16-28)34-23-30-19-20-31(24-35(30)42-34)43-22-11-14-33(39)32(38)13-10-21-41-36(40)37(6,27(4)5)25-26(2)3/h15-20,23-24,26-27,32-33,38-39H,7-14,21-22,25H2,1-6H3. The van der Waals surface area contributed by atoms with Gasteiger partial charge in [0.2, 0.25) is 0 Å². The van der Waals surface area contributed by atoms with Crippen molar-refractivity contribution in [1.82, 2.24) is 0 Å². The summed E-state index contributed by atoms with van der Waals surface area (Å²) in [6.45, 7) is 12.8. The highest BCUT2D eigenvalue weighted by Gasteiger charge is 2.38. The van der Waals surface area contributed by atoms with Crippen LogP contribution in [-0.2, 0) is 16.0 Å². The first-order valence-corrected chi connectivity index (χ1v) is 17.3. The summed E-state index contributed by atoms with van der Waals surface area (Å²) >= 11 is 1.73. The average Bonchev–Trinajstić information content (AvgIpc) is 3.40. The van der Waals surface area contributed by atoms with Crippen molar-refractivity contribution in [3.63, 3.8) is 0 Å². The van der Waals surface area contributed by atoms with E-state index in [0.717, 1.165) is 52.2 Å². The Bertz CT molecular complexity index is 1250. The highest BCUT2D eigenvalue weighted by Crippen LogP contribution is 2.36. The normalized spacial score (nSPS) is 14.7. The lowest BCUT2D eigenvalue weighted by atomic mass is 9.73. The molecule has 0 saturated carbocycles. The zero-order valence-corrected chi connectivity index (χ0v) is 28.1. The van der Waals surface area contributed by atoms with Crippen molar-refractivity contribution in [3.05, 3.63) is 54.1 Å². The fourth-order valence-electron chi connectivity index (χ4n) is 5.55. The van der Waals surface area contributed by atoms with Gasteiger partial charge >= 0.3 is 5.97 Å². The molecule has 3 aromatic rings. The number of fused-ring (bicyclic) bond motifs is 1. The quantitative estimate of drug-likeness (QED) is 0.0799. The van der Waals surface area contributed by atoms with Gasteiger partial charge in [-0.05, 0) is 99.3 Å². The number of hydrogen-bond acceptors (Lipinski definition) is 6. The number of unbranched alkanes of at least 4 members (excludes halogenated alkanes) is 2. The number of hydrogen-bond donors (Lipinski definition) is 2. The molecule has 2 aromatic carbocycles. The predicted octanol–water partition coefficient (Wildman–Crippen LogP) is 9.46. The minimum Gasteiger partial charge on any atom is -0.465 e. The van der Waals surface area contributed by atoms with E-state index in [-0.39, 0.29) is 18.5 Å². The van der Waals surface area contributed by atoms with Crippen molar-refractivity contribution in [2.45, 2.75) is 116 Å². The molecule has 3 rings (SSSR count). The molecule has 0 amide bonds. The Morgan fingerprint density at radius 1 is 0.930 bits per heavy atom. The minimum absolute atomic E-state index is 0.168. The van der Waals surface area contributed by atoms with Gasteiger partial charge in [-0.25, -0.2) is 0 Å². The van der Waals surface area contributed by atoms with E-state index in [2.05, 4.69) is 83.1 Å². The number of thioether (sulfide) groups is 1. The number of aryl methyl sites for hydroxylation is 1. The molecule has 1 heterocycles. The molecule has 3 atom stereocenters. The Morgan fingerprint density at radius 3 is 2.28 bits per heavy atom. The fraction of sp³-hybridized carbons (Fsp3) is 0.595. The second kappa shape index (κ2) is 17.3. The SMILES string of the molecule is CCCCCc1ccc(-c2cc3ccc(SCCCC(O)C(O)CCCOC(=O)C(C)(CC(C)C)C(C)C)cc3o2)cc1. The van der Waals surface area contributed by atoms with E-state index >= 15 is 0 Å². The number of furan rings is 1. The summed E-state index contributed by atoms with van der Waals surface area (Å²) in [5.74, 6) is 2.15. The summed E-state index contributed by atoms with van der Waals surface area (Å²) in [4.78, 5) is 13.9.